The van der Waals surface area contributed by atoms with Crippen LogP contribution in [0.1, 0.15) is 38.5 Å². The Kier molecular flexibility index (Phi) is 5.82. The molecule has 102 valence electrons. The molecule has 0 fully saturated rings. The smallest absolute Gasteiger partial charge is 0.221 e. The van der Waals surface area contributed by atoms with Crippen LogP contribution < -0.4 is 11.1 Å². The van der Waals surface area contributed by atoms with Crippen LogP contribution in [0.2, 0.25) is 0 Å². The van der Waals surface area contributed by atoms with Crippen LogP contribution in [0, 0.1) is 5.41 Å². The summed E-state index contributed by atoms with van der Waals surface area (Å²) in [7, 11) is 0. The molecule has 0 radical (unpaired) electrons. The molecule has 18 heavy (non-hydrogen) atoms. The number of rotatable bonds is 5. The second-order valence-electron chi connectivity index (χ2n) is 5.74. The summed E-state index contributed by atoms with van der Waals surface area (Å²) in [5, 5.41) is 4.91. The van der Waals surface area contributed by atoms with Gasteiger partial charge >= 0.3 is 0 Å². The largest absolute Gasteiger partial charge is 0.351 e. The predicted molar refractivity (Wildman–Crippen MR) is 80.5 cm³/mol. The third kappa shape index (κ3) is 6.52. The lowest BCUT2D eigenvalue weighted by molar-refractivity contribution is -0.121. The highest BCUT2D eigenvalue weighted by Gasteiger charge is 2.18. The van der Waals surface area contributed by atoms with Gasteiger partial charge in [0.05, 0.1) is 6.54 Å². The average Bonchev–Trinajstić information content (AvgIpc) is 2.58. The van der Waals surface area contributed by atoms with Gasteiger partial charge in [0.15, 0.2) is 0 Å². The van der Waals surface area contributed by atoms with Gasteiger partial charge in [-0.15, -0.1) is 11.3 Å². The van der Waals surface area contributed by atoms with E-state index >= 15 is 0 Å². The molecule has 1 atom stereocenters. The first-order valence-electron chi connectivity index (χ1n) is 6.01. The van der Waals surface area contributed by atoms with Gasteiger partial charge < -0.3 is 11.1 Å². The van der Waals surface area contributed by atoms with E-state index in [1.807, 2.05) is 11.4 Å². The molecule has 1 aromatic heterocycles. The van der Waals surface area contributed by atoms with Crippen molar-refractivity contribution < 1.29 is 4.79 Å². The zero-order valence-electron chi connectivity index (χ0n) is 11.1. The summed E-state index contributed by atoms with van der Waals surface area (Å²) in [4.78, 5) is 12.9. The Labute approximate surface area is 121 Å². The topological polar surface area (TPSA) is 55.1 Å². The Morgan fingerprint density at radius 3 is 2.72 bits per heavy atom. The lowest BCUT2D eigenvalue weighted by Crippen LogP contribution is -2.33. The van der Waals surface area contributed by atoms with Crippen LogP contribution in [0.4, 0.5) is 0 Å². The van der Waals surface area contributed by atoms with Crippen molar-refractivity contribution in [3.8, 4) is 0 Å². The van der Waals surface area contributed by atoms with Crippen LogP contribution >= 0.6 is 27.3 Å². The lowest BCUT2D eigenvalue weighted by atomic mass is 9.87. The number of nitrogens with one attached hydrogen (secondary N) is 1. The molecule has 0 saturated carbocycles. The third-order valence-electron chi connectivity index (χ3n) is 2.40. The first kappa shape index (κ1) is 15.7. The number of carbonyl (C=O) groups is 1. The van der Waals surface area contributed by atoms with Crippen LogP contribution in [0.25, 0.3) is 0 Å². The summed E-state index contributed by atoms with van der Waals surface area (Å²) >= 11 is 5.02. The van der Waals surface area contributed by atoms with Crippen LogP contribution in [-0.2, 0) is 11.3 Å². The van der Waals surface area contributed by atoms with Gasteiger partial charge in [0, 0.05) is 27.2 Å². The summed E-state index contributed by atoms with van der Waals surface area (Å²) in [6.45, 7) is 6.98. The number of thiophene rings is 1. The van der Waals surface area contributed by atoms with Crippen molar-refractivity contribution in [2.24, 2.45) is 11.1 Å². The molecule has 1 aromatic rings. The Morgan fingerprint density at radius 2 is 2.22 bits per heavy atom. The second kappa shape index (κ2) is 6.68. The van der Waals surface area contributed by atoms with Gasteiger partial charge in [-0.3, -0.25) is 4.79 Å². The van der Waals surface area contributed by atoms with Crippen LogP contribution in [0.5, 0.6) is 0 Å². The monoisotopic (exact) mass is 332 g/mol. The van der Waals surface area contributed by atoms with Gasteiger partial charge in [-0.1, -0.05) is 20.8 Å². The SMILES string of the molecule is CC(C)(C)CC(N)CC(=O)NCc1cc(Br)cs1. The summed E-state index contributed by atoms with van der Waals surface area (Å²) < 4.78 is 1.06. The van der Waals surface area contributed by atoms with Gasteiger partial charge in [-0.05, 0) is 33.8 Å². The molecule has 0 aliphatic carbocycles. The third-order valence-corrected chi connectivity index (χ3v) is 4.10. The van der Waals surface area contributed by atoms with Crippen molar-refractivity contribution in [3.63, 3.8) is 0 Å². The molecule has 1 rings (SSSR count). The number of hydrogen-bond acceptors (Lipinski definition) is 3. The molecular weight excluding hydrogens is 312 g/mol. The maximum atomic E-state index is 11.7. The van der Waals surface area contributed by atoms with E-state index in [0.29, 0.717) is 13.0 Å². The summed E-state index contributed by atoms with van der Waals surface area (Å²) in [5.74, 6) is 0.0243. The quantitative estimate of drug-likeness (QED) is 0.869. The fourth-order valence-corrected chi connectivity index (χ4v) is 3.19. The van der Waals surface area contributed by atoms with Gasteiger partial charge in [-0.2, -0.15) is 0 Å². The zero-order valence-corrected chi connectivity index (χ0v) is 13.5. The minimum absolute atomic E-state index is 0.0243. The molecule has 1 unspecified atom stereocenters. The normalized spacial score (nSPS) is 13.4. The highest BCUT2D eigenvalue weighted by Crippen LogP contribution is 2.21. The van der Waals surface area contributed by atoms with E-state index < -0.39 is 0 Å². The number of amides is 1. The Bertz CT molecular complexity index is 398. The molecule has 0 aromatic carbocycles. The zero-order chi connectivity index (χ0) is 13.8. The van der Waals surface area contributed by atoms with E-state index in [1.54, 1.807) is 11.3 Å². The minimum atomic E-state index is -0.0694. The molecule has 1 amide bonds. The molecule has 0 bridgehead atoms. The van der Waals surface area contributed by atoms with Crippen molar-refractivity contribution in [2.75, 3.05) is 0 Å². The summed E-state index contributed by atoms with van der Waals surface area (Å²) in [6, 6.07) is 1.94. The number of halogens is 1. The van der Waals surface area contributed by atoms with E-state index in [1.165, 1.54) is 0 Å². The molecule has 5 heteroatoms. The van der Waals surface area contributed by atoms with Gasteiger partial charge in [0.25, 0.3) is 0 Å². The van der Waals surface area contributed by atoms with Crippen molar-refractivity contribution in [2.45, 2.75) is 46.2 Å². The van der Waals surface area contributed by atoms with E-state index in [9.17, 15) is 4.79 Å². The molecule has 0 aliphatic rings. The van der Waals surface area contributed by atoms with Crippen LogP contribution in [0.3, 0.4) is 0 Å². The van der Waals surface area contributed by atoms with E-state index in [0.717, 1.165) is 15.8 Å². The van der Waals surface area contributed by atoms with Crippen molar-refractivity contribution in [1.82, 2.24) is 5.32 Å². The minimum Gasteiger partial charge on any atom is -0.351 e. The van der Waals surface area contributed by atoms with Crippen LogP contribution in [-0.4, -0.2) is 11.9 Å². The standard InChI is InChI=1S/C13H21BrN2OS/c1-13(2,3)6-10(15)5-12(17)16-7-11-4-9(14)8-18-11/h4,8,10H,5-7,15H2,1-3H3,(H,16,17). The molecule has 3 N–H and O–H groups in total. The van der Waals surface area contributed by atoms with Gasteiger partial charge in [0.2, 0.25) is 5.91 Å². The first-order chi connectivity index (χ1) is 8.26. The molecule has 0 spiro atoms. The fraction of sp³-hybridized carbons (Fsp3) is 0.615. The first-order valence-corrected chi connectivity index (χ1v) is 7.69. The Balaban J connectivity index is 2.29. The Hall–Kier alpha value is -0.390. The second-order valence-corrected chi connectivity index (χ2v) is 7.65. The van der Waals surface area contributed by atoms with Crippen LogP contribution in [0.15, 0.2) is 15.9 Å². The average molecular weight is 333 g/mol. The maximum Gasteiger partial charge on any atom is 0.221 e. The molecule has 0 saturated heterocycles. The maximum absolute atomic E-state index is 11.7. The highest BCUT2D eigenvalue weighted by atomic mass is 79.9. The van der Waals surface area contributed by atoms with Gasteiger partial charge in [0.1, 0.15) is 0 Å². The van der Waals surface area contributed by atoms with Crippen molar-refractivity contribution in [1.29, 1.82) is 0 Å². The van der Waals surface area contributed by atoms with Crippen molar-refractivity contribution >= 4 is 33.2 Å². The predicted octanol–water partition coefficient (Wildman–Crippen LogP) is 3.28. The Morgan fingerprint density at radius 1 is 1.56 bits per heavy atom. The molecule has 1 heterocycles. The van der Waals surface area contributed by atoms with E-state index in [2.05, 4.69) is 42.0 Å². The number of hydrogen-bond donors (Lipinski definition) is 2. The molecule has 3 nitrogen and oxygen atoms in total. The summed E-state index contributed by atoms with van der Waals surface area (Å²) in [6.07, 6.45) is 1.24. The summed E-state index contributed by atoms with van der Waals surface area (Å²) in [5.41, 5.74) is 6.13. The van der Waals surface area contributed by atoms with Gasteiger partial charge in [-0.25, -0.2) is 0 Å². The van der Waals surface area contributed by atoms with E-state index in [-0.39, 0.29) is 17.4 Å². The fourth-order valence-electron chi connectivity index (χ4n) is 1.80. The van der Waals surface area contributed by atoms with E-state index in [4.69, 9.17) is 5.73 Å². The molecular formula is C13H21BrN2OS. The number of nitrogens with two attached hydrogens (primary N) is 1. The highest BCUT2D eigenvalue weighted by molar-refractivity contribution is 9.10. The van der Waals surface area contributed by atoms with Crippen molar-refractivity contribution in [3.05, 3.63) is 20.8 Å². The lowest BCUT2D eigenvalue weighted by Gasteiger charge is -2.22. The molecule has 0 aliphatic heterocycles. The number of carbonyl (C=O) groups excluding carboxylic acids is 1.